The van der Waals surface area contributed by atoms with Crippen molar-refractivity contribution < 1.29 is 14.7 Å². The summed E-state index contributed by atoms with van der Waals surface area (Å²) in [7, 11) is 0. The van der Waals surface area contributed by atoms with E-state index in [1.807, 2.05) is 13.8 Å². The Morgan fingerprint density at radius 1 is 1.62 bits per heavy atom. The van der Waals surface area contributed by atoms with Gasteiger partial charge < -0.3 is 15.7 Å². The number of aliphatic hydroxyl groups excluding tert-OH is 1. The van der Waals surface area contributed by atoms with Crippen molar-refractivity contribution in [3.05, 3.63) is 0 Å². The summed E-state index contributed by atoms with van der Waals surface area (Å²) in [6.45, 7) is 4.25. The van der Waals surface area contributed by atoms with E-state index in [-0.39, 0.29) is 36.3 Å². The first-order valence-corrected chi connectivity index (χ1v) is 5.72. The van der Waals surface area contributed by atoms with Crippen LogP contribution >= 0.6 is 0 Å². The van der Waals surface area contributed by atoms with Crippen LogP contribution < -0.4 is 10.6 Å². The quantitative estimate of drug-likeness (QED) is 0.615. The van der Waals surface area contributed by atoms with E-state index in [1.54, 1.807) is 0 Å². The third kappa shape index (κ3) is 3.48. The number of rotatable bonds is 4. The van der Waals surface area contributed by atoms with Gasteiger partial charge in [0.25, 0.3) is 0 Å². The van der Waals surface area contributed by atoms with E-state index in [2.05, 4.69) is 10.6 Å². The maximum atomic E-state index is 11.8. The number of piperidine rings is 1. The van der Waals surface area contributed by atoms with Gasteiger partial charge >= 0.3 is 0 Å². The zero-order chi connectivity index (χ0) is 12.1. The van der Waals surface area contributed by atoms with Crippen LogP contribution in [0.25, 0.3) is 0 Å². The van der Waals surface area contributed by atoms with Gasteiger partial charge in [0.2, 0.25) is 11.8 Å². The van der Waals surface area contributed by atoms with Crippen LogP contribution in [0.1, 0.15) is 26.7 Å². The van der Waals surface area contributed by atoms with Gasteiger partial charge in [0.15, 0.2) is 0 Å². The minimum Gasteiger partial charge on any atom is -0.394 e. The van der Waals surface area contributed by atoms with Gasteiger partial charge in [0.05, 0.1) is 18.6 Å². The SMILES string of the molecule is CC(C)[C@@H](CO)NC(=O)C1CCC(=O)NC1. The maximum absolute atomic E-state index is 11.8. The Morgan fingerprint density at radius 2 is 2.31 bits per heavy atom. The third-order valence-corrected chi connectivity index (χ3v) is 2.97. The lowest BCUT2D eigenvalue weighted by Gasteiger charge is -2.26. The molecule has 0 aromatic heterocycles. The first kappa shape index (κ1) is 13.0. The van der Waals surface area contributed by atoms with Crippen LogP contribution in [0.15, 0.2) is 0 Å². The molecule has 0 spiro atoms. The van der Waals surface area contributed by atoms with Crippen molar-refractivity contribution in [2.75, 3.05) is 13.2 Å². The monoisotopic (exact) mass is 228 g/mol. The van der Waals surface area contributed by atoms with E-state index in [0.717, 1.165) is 0 Å². The molecule has 1 saturated heterocycles. The van der Waals surface area contributed by atoms with Crippen LogP contribution in [-0.2, 0) is 9.59 Å². The fourth-order valence-corrected chi connectivity index (χ4v) is 1.68. The highest BCUT2D eigenvalue weighted by Crippen LogP contribution is 2.12. The summed E-state index contributed by atoms with van der Waals surface area (Å²) < 4.78 is 0. The molecule has 1 rings (SSSR count). The Kier molecular flexibility index (Phi) is 4.73. The molecular weight excluding hydrogens is 208 g/mol. The van der Waals surface area contributed by atoms with Crippen molar-refractivity contribution in [3.63, 3.8) is 0 Å². The molecule has 1 aliphatic rings. The average Bonchev–Trinajstić information content (AvgIpc) is 2.26. The Bertz CT molecular complexity index is 256. The van der Waals surface area contributed by atoms with Gasteiger partial charge in [0.1, 0.15) is 0 Å². The highest BCUT2D eigenvalue weighted by molar-refractivity contribution is 5.83. The predicted octanol–water partition coefficient (Wildman–Crippen LogP) is -0.354. The first-order valence-electron chi connectivity index (χ1n) is 5.72. The molecule has 1 heterocycles. The van der Waals surface area contributed by atoms with Gasteiger partial charge in [0, 0.05) is 13.0 Å². The molecule has 5 nitrogen and oxygen atoms in total. The van der Waals surface area contributed by atoms with Crippen LogP contribution in [0.3, 0.4) is 0 Å². The van der Waals surface area contributed by atoms with Crippen molar-refractivity contribution in [2.45, 2.75) is 32.7 Å². The zero-order valence-electron chi connectivity index (χ0n) is 9.82. The lowest BCUT2D eigenvalue weighted by molar-refractivity contribution is -0.129. The van der Waals surface area contributed by atoms with E-state index < -0.39 is 0 Å². The molecule has 2 amide bonds. The number of aliphatic hydroxyl groups is 1. The van der Waals surface area contributed by atoms with E-state index in [9.17, 15) is 9.59 Å². The minimum absolute atomic E-state index is 0.00613. The number of carbonyl (C=O) groups excluding carboxylic acids is 2. The Labute approximate surface area is 95.6 Å². The van der Waals surface area contributed by atoms with Crippen LogP contribution in [0, 0.1) is 11.8 Å². The maximum Gasteiger partial charge on any atom is 0.225 e. The number of carbonyl (C=O) groups is 2. The fourth-order valence-electron chi connectivity index (χ4n) is 1.68. The standard InChI is InChI=1S/C11H20N2O3/c1-7(2)9(6-14)13-11(16)8-3-4-10(15)12-5-8/h7-9,14H,3-6H2,1-2H3,(H,12,15)(H,13,16)/t8?,9-/m1/s1. The summed E-state index contributed by atoms with van der Waals surface area (Å²) in [5.41, 5.74) is 0. The molecule has 16 heavy (non-hydrogen) atoms. The first-order chi connectivity index (χ1) is 7.54. The molecule has 0 bridgehead atoms. The highest BCUT2D eigenvalue weighted by atomic mass is 16.3. The topological polar surface area (TPSA) is 78.4 Å². The van der Waals surface area contributed by atoms with Crippen LogP contribution in [-0.4, -0.2) is 36.1 Å². The van der Waals surface area contributed by atoms with E-state index >= 15 is 0 Å². The highest BCUT2D eigenvalue weighted by Gasteiger charge is 2.26. The van der Waals surface area contributed by atoms with Gasteiger partial charge in [-0.25, -0.2) is 0 Å². The lowest BCUT2D eigenvalue weighted by atomic mass is 9.97. The second-order valence-electron chi connectivity index (χ2n) is 4.58. The van der Waals surface area contributed by atoms with E-state index in [4.69, 9.17) is 5.11 Å². The summed E-state index contributed by atoms with van der Waals surface area (Å²) in [4.78, 5) is 22.7. The van der Waals surface area contributed by atoms with Crippen LogP contribution in [0.5, 0.6) is 0 Å². The third-order valence-electron chi connectivity index (χ3n) is 2.97. The van der Waals surface area contributed by atoms with E-state index in [0.29, 0.717) is 19.4 Å². The fraction of sp³-hybridized carbons (Fsp3) is 0.818. The molecule has 5 heteroatoms. The molecule has 0 aromatic carbocycles. The molecule has 0 aliphatic carbocycles. The molecule has 1 aliphatic heterocycles. The molecule has 0 radical (unpaired) electrons. The van der Waals surface area contributed by atoms with Crippen molar-refractivity contribution >= 4 is 11.8 Å². The molecule has 1 unspecified atom stereocenters. The van der Waals surface area contributed by atoms with Gasteiger partial charge in [-0.2, -0.15) is 0 Å². The largest absolute Gasteiger partial charge is 0.394 e. The number of nitrogens with one attached hydrogen (secondary N) is 2. The average molecular weight is 228 g/mol. The molecule has 2 atom stereocenters. The summed E-state index contributed by atoms with van der Waals surface area (Å²) in [6, 6.07) is -0.204. The van der Waals surface area contributed by atoms with E-state index in [1.165, 1.54) is 0 Å². The Hall–Kier alpha value is -1.10. The molecule has 92 valence electrons. The Morgan fingerprint density at radius 3 is 2.75 bits per heavy atom. The second-order valence-corrected chi connectivity index (χ2v) is 4.58. The molecule has 3 N–H and O–H groups in total. The van der Waals surface area contributed by atoms with Gasteiger partial charge in [-0.1, -0.05) is 13.8 Å². The normalized spacial score (nSPS) is 22.8. The minimum atomic E-state index is -0.204. The Balaban J connectivity index is 2.42. The summed E-state index contributed by atoms with van der Waals surface area (Å²) in [6.07, 6.45) is 0.997. The van der Waals surface area contributed by atoms with Crippen molar-refractivity contribution in [1.82, 2.24) is 10.6 Å². The molecule has 1 fully saturated rings. The lowest BCUT2D eigenvalue weighted by Crippen LogP contribution is -2.48. The second kappa shape index (κ2) is 5.84. The number of hydrogen-bond donors (Lipinski definition) is 3. The predicted molar refractivity (Wildman–Crippen MR) is 59.6 cm³/mol. The van der Waals surface area contributed by atoms with Crippen molar-refractivity contribution in [3.8, 4) is 0 Å². The van der Waals surface area contributed by atoms with Crippen molar-refractivity contribution in [1.29, 1.82) is 0 Å². The molecular formula is C11H20N2O3. The van der Waals surface area contributed by atoms with Crippen molar-refractivity contribution in [2.24, 2.45) is 11.8 Å². The number of hydrogen-bond acceptors (Lipinski definition) is 3. The van der Waals surface area contributed by atoms with Crippen LogP contribution in [0.4, 0.5) is 0 Å². The van der Waals surface area contributed by atoms with Gasteiger partial charge in [-0.3, -0.25) is 9.59 Å². The summed E-state index contributed by atoms with van der Waals surface area (Å²) in [5, 5.41) is 14.6. The van der Waals surface area contributed by atoms with Gasteiger partial charge in [-0.15, -0.1) is 0 Å². The summed E-state index contributed by atoms with van der Waals surface area (Å²) in [5.74, 6) is -0.0306. The zero-order valence-corrected chi connectivity index (χ0v) is 9.82. The smallest absolute Gasteiger partial charge is 0.225 e. The summed E-state index contributed by atoms with van der Waals surface area (Å²) >= 11 is 0. The number of amides is 2. The van der Waals surface area contributed by atoms with Gasteiger partial charge in [-0.05, 0) is 12.3 Å². The molecule has 0 aromatic rings. The van der Waals surface area contributed by atoms with Crippen LogP contribution in [0.2, 0.25) is 0 Å². The molecule has 0 saturated carbocycles.